The molecule has 11 nitrogen and oxygen atoms in total. The van der Waals surface area contributed by atoms with E-state index in [1.165, 1.54) is 18.7 Å². The van der Waals surface area contributed by atoms with E-state index in [1.54, 1.807) is 12.1 Å². The summed E-state index contributed by atoms with van der Waals surface area (Å²) in [6.07, 6.45) is 4.26. The molecule has 3 amide bonds. The molecule has 2 aromatic rings. The fourth-order valence-electron chi connectivity index (χ4n) is 6.77. The Balaban J connectivity index is 1.45. The maximum absolute atomic E-state index is 14.4. The van der Waals surface area contributed by atoms with Crippen molar-refractivity contribution in [3.05, 3.63) is 48.2 Å². The van der Waals surface area contributed by atoms with Crippen LogP contribution in [-0.2, 0) is 19.1 Å². The lowest BCUT2D eigenvalue weighted by Crippen LogP contribution is -2.59. The Bertz CT molecular complexity index is 1610. The molecule has 5 atom stereocenters. The zero-order chi connectivity index (χ0) is 34.3. The van der Waals surface area contributed by atoms with E-state index in [4.69, 9.17) is 9.47 Å². The van der Waals surface area contributed by atoms with E-state index in [0.717, 1.165) is 31.2 Å². The van der Waals surface area contributed by atoms with E-state index in [-0.39, 0.29) is 42.2 Å². The minimum Gasteiger partial charge on any atom is -0.488 e. The quantitative estimate of drug-likeness (QED) is 0.276. The first-order valence-corrected chi connectivity index (χ1v) is 16.4. The molecule has 1 aromatic heterocycles. The van der Waals surface area contributed by atoms with Gasteiger partial charge in [0.2, 0.25) is 11.8 Å². The summed E-state index contributed by atoms with van der Waals surface area (Å²) in [6.45, 7) is 14.1. The zero-order valence-corrected chi connectivity index (χ0v) is 28.2. The van der Waals surface area contributed by atoms with E-state index in [2.05, 4.69) is 22.2 Å². The number of alkyl carbamates (subject to hydrolysis) is 1. The molecule has 0 bridgehead atoms. The van der Waals surface area contributed by atoms with Gasteiger partial charge in [-0.3, -0.25) is 19.2 Å². The van der Waals surface area contributed by atoms with Gasteiger partial charge in [-0.05, 0) is 69.1 Å². The molecule has 1 saturated heterocycles. The molecule has 5 rings (SSSR count). The lowest BCUT2D eigenvalue weighted by Gasteiger charge is -2.35. The number of ketones is 2. The van der Waals surface area contributed by atoms with Gasteiger partial charge in [-0.25, -0.2) is 9.78 Å². The number of aryl methyl sites for hydroxylation is 1. The van der Waals surface area contributed by atoms with Crippen LogP contribution < -0.4 is 15.4 Å². The molecule has 1 aromatic carbocycles. The second-order valence-corrected chi connectivity index (χ2v) is 14.4. The lowest BCUT2D eigenvalue weighted by molar-refractivity contribution is -0.142. The smallest absolute Gasteiger partial charge is 0.408 e. The van der Waals surface area contributed by atoms with E-state index >= 15 is 0 Å². The predicted octanol–water partition coefficient (Wildman–Crippen LogP) is 4.83. The van der Waals surface area contributed by atoms with Crippen LogP contribution in [0.15, 0.2) is 36.9 Å². The van der Waals surface area contributed by atoms with Crippen molar-refractivity contribution < 1.29 is 33.4 Å². The number of nitrogens with one attached hydrogen (secondary N) is 2. The highest BCUT2D eigenvalue weighted by molar-refractivity contribution is 5.99. The average Bonchev–Trinajstić information content (AvgIpc) is 3.27. The number of amides is 3. The third-order valence-electron chi connectivity index (χ3n) is 9.66. The molecular formula is C36H46N4O7. The Morgan fingerprint density at radius 1 is 1.09 bits per heavy atom. The first-order valence-electron chi connectivity index (χ1n) is 16.4. The molecule has 0 radical (unpaired) electrons. The van der Waals surface area contributed by atoms with Crippen molar-refractivity contribution in [2.75, 3.05) is 6.54 Å². The average molecular weight is 647 g/mol. The van der Waals surface area contributed by atoms with Gasteiger partial charge >= 0.3 is 6.09 Å². The first-order chi connectivity index (χ1) is 22.1. The third kappa shape index (κ3) is 7.18. The van der Waals surface area contributed by atoms with Gasteiger partial charge in [0, 0.05) is 30.7 Å². The lowest BCUT2D eigenvalue weighted by atomic mass is 9.85. The fourth-order valence-corrected chi connectivity index (χ4v) is 6.77. The van der Waals surface area contributed by atoms with Crippen LogP contribution in [0.3, 0.4) is 0 Å². The monoisotopic (exact) mass is 646 g/mol. The second kappa shape index (κ2) is 13.1. The van der Waals surface area contributed by atoms with Crippen LogP contribution in [0.5, 0.6) is 5.75 Å². The topological polar surface area (TPSA) is 144 Å². The van der Waals surface area contributed by atoms with Crippen LogP contribution in [0, 0.1) is 18.3 Å². The molecule has 252 valence electrons. The van der Waals surface area contributed by atoms with Gasteiger partial charge < -0.3 is 25.0 Å². The fraction of sp³-hybridized carbons (Fsp3) is 0.556. The van der Waals surface area contributed by atoms with Crippen molar-refractivity contribution in [1.29, 1.82) is 0 Å². The number of fused-ring (bicyclic) bond motifs is 1. The first kappa shape index (κ1) is 34.1. The molecule has 2 saturated carbocycles. The van der Waals surface area contributed by atoms with Crippen LogP contribution in [-0.4, -0.2) is 75.7 Å². The van der Waals surface area contributed by atoms with Crippen molar-refractivity contribution in [3.8, 4) is 5.75 Å². The molecule has 3 aliphatic rings. The highest BCUT2D eigenvalue weighted by atomic mass is 16.6. The normalized spacial score (nSPS) is 24.8. The molecule has 0 unspecified atom stereocenters. The molecule has 11 heteroatoms. The number of hydrogen-bond donors (Lipinski definition) is 2. The van der Waals surface area contributed by atoms with Gasteiger partial charge in [0.05, 0.1) is 12.1 Å². The minimum absolute atomic E-state index is 0.0336. The summed E-state index contributed by atoms with van der Waals surface area (Å²) >= 11 is 0. The number of benzene rings is 1. The van der Waals surface area contributed by atoms with Gasteiger partial charge in [-0.15, -0.1) is 6.58 Å². The van der Waals surface area contributed by atoms with Gasteiger partial charge in [0.1, 0.15) is 41.3 Å². The van der Waals surface area contributed by atoms with Crippen molar-refractivity contribution in [3.63, 3.8) is 0 Å². The number of carbonyl (C=O) groups is 5. The molecule has 2 heterocycles. The summed E-state index contributed by atoms with van der Waals surface area (Å²) in [7, 11) is 0. The van der Waals surface area contributed by atoms with Crippen LogP contribution in [0.1, 0.15) is 89.2 Å². The third-order valence-corrected chi connectivity index (χ3v) is 9.66. The van der Waals surface area contributed by atoms with Crippen molar-refractivity contribution in [2.24, 2.45) is 11.3 Å². The summed E-state index contributed by atoms with van der Waals surface area (Å²) in [5, 5.41) is 6.41. The summed E-state index contributed by atoms with van der Waals surface area (Å²) in [6, 6.07) is 5.24. The number of Topliss-reactive ketones (excluding diaryl/α,β-unsaturated/α-hetero) is 2. The van der Waals surface area contributed by atoms with E-state index in [0.29, 0.717) is 23.1 Å². The number of hydrogen-bond acceptors (Lipinski definition) is 8. The molecule has 2 aliphatic carbocycles. The predicted molar refractivity (Wildman–Crippen MR) is 176 cm³/mol. The summed E-state index contributed by atoms with van der Waals surface area (Å²) < 4.78 is 12.1. The van der Waals surface area contributed by atoms with E-state index < -0.39 is 47.0 Å². The maximum Gasteiger partial charge on any atom is 0.408 e. The van der Waals surface area contributed by atoms with Crippen LogP contribution >= 0.6 is 0 Å². The standard InChI is InChI=1S/C36H46N4O7/c1-8-23-18-36(23,22(4)42)39-32(43)29-16-25(46-30-17-27(21(3)41)37-28-15-20(2)13-14-26(28)30)19-40(29)33(44)31(35(5,6)7)38-34(45)47-24-11-9-10-12-24/h8,13-15,17,23-25,29,31H,1,9-12,16,18-19H2,2-7H3,(H,38,45)(H,39,43)/t23-,25-,29+,31-,36+/m1/s1. The number of pyridine rings is 1. The molecular weight excluding hydrogens is 600 g/mol. The van der Waals surface area contributed by atoms with E-state index in [1.807, 2.05) is 45.9 Å². The van der Waals surface area contributed by atoms with E-state index in [9.17, 15) is 24.0 Å². The summed E-state index contributed by atoms with van der Waals surface area (Å²) in [4.78, 5) is 72.3. The van der Waals surface area contributed by atoms with Crippen LogP contribution in [0.2, 0.25) is 0 Å². The van der Waals surface area contributed by atoms with Crippen LogP contribution in [0.25, 0.3) is 10.9 Å². The summed E-state index contributed by atoms with van der Waals surface area (Å²) in [5.41, 5.74) is 0.0127. The molecule has 3 fully saturated rings. The Kier molecular flexibility index (Phi) is 9.48. The minimum atomic E-state index is -1.06. The summed E-state index contributed by atoms with van der Waals surface area (Å²) in [5.74, 6) is -1.13. The van der Waals surface area contributed by atoms with Gasteiger partial charge in [0.15, 0.2) is 11.6 Å². The maximum atomic E-state index is 14.4. The van der Waals surface area contributed by atoms with Crippen molar-refractivity contribution >= 4 is 40.4 Å². The Morgan fingerprint density at radius 2 is 1.79 bits per heavy atom. The number of nitrogens with zero attached hydrogens (tertiary/aromatic N) is 2. The molecule has 0 spiro atoms. The SMILES string of the molecule is C=C[C@@H]1C[C@]1(NC(=O)[C@@H]1C[C@@H](Oc2cc(C(C)=O)nc3cc(C)ccc23)CN1C(=O)[C@@H](NC(=O)OC1CCCC1)C(C)(C)C)C(C)=O. The Labute approximate surface area is 275 Å². The molecule has 47 heavy (non-hydrogen) atoms. The van der Waals surface area contributed by atoms with Gasteiger partial charge in [-0.1, -0.05) is 32.9 Å². The molecule has 1 aliphatic heterocycles. The van der Waals surface area contributed by atoms with Gasteiger partial charge in [-0.2, -0.15) is 0 Å². The van der Waals surface area contributed by atoms with Crippen molar-refractivity contribution in [2.45, 2.75) is 110 Å². The highest BCUT2D eigenvalue weighted by Crippen LogP contribution is 2.45. The van der Waals surface area contributed by atoms with Crippen molar-refractivity contribution in [1.82, 2.24) is 20.5 Å². The molecule has 2 N–H and O–H groups in total. The number of likely N-dealkylation sites (tertiary alicyclic amines) is 1. The Hall–Kier alpha value is -4.28. The largest absolute Gasteiger partial charge is 0.488 e. The zero-order valence-electron chi connectivity index (χ0n) is 28.2. The number of aromatic nitrogens is 1. The van der Waals surface area contributed by atoms with Gasteiger partial charge in [0.25, 0.3) is 0 Å². The number of carbonyl (C=O) groups excluding carboxylic acids is 5. The highest BCUT2D eigenvalue weighted by Gasteiger charge is 2.59. The second-order valence-electron chi connectivity index (χ2n) is 14.4. The Morgan fingerprint density at radius 3 is 2.38 bits per heavy atom. The number of rotatable bonds is 10. The number of ether oxygens (including phenoxy) is 2. The van der Waals surface area contributed by atoms with Crippen LogP contribution in [0.4, 0.5) is 4.79 Å².